The molecule has 2 aromatic heterocycles. The van der Waals surface area contributed by atoms with Gasteiger partial charge in [-0.2, -0.15) is 0 Å². The first-order chi connectivity index (χ1) is 18.3. The number of anilines is 1. The molecule has 1 aliphatic rings. The van der Waals surface area contributed by atoms with E-state index in [9.17, 15) is 17.9 Å². The van der Waals surface area contributed by atoms with Crippen LogP contribution in [0.15, 0.2) is 63.9 Å². The normalized spacial score (nSPS) is 16.2. The Labute approximate surface area is 218 Å². The molecule has 1 aliphatic heterocycles. The SMILES string of the molecule is Cc1c(Cc2cccc(NN(C3CCOC3)S(=O)O)c2F)c(=O)oc2cc(Oc3ncccc3F)ccc12. The van der Waals surface area contributed by atoms with Gasteiger partial charge in [0.05, 0.1) is 18.3 Å². The highest BCUT2D eigenvalue weighted by molar-refractivity contribution is 7.76. The highest BCUT2D eigenvalue weighted by Crippen LogP contribution is 2.29. The van der Waals surface area contributed by atoms with Crippen molar-refractivity contribution in [2.75, 3.05) is 18.6 Å². The van der Waals surface area contributed by atoms with Crippen LogP contribution in [0.5, 0.6) is 11.6 Å². The quantitative estimate of drug-likeness (QED) is 0.187. The van der Waals surface area contributed by atoms with Crippen LogP contribution in [0.2, 0.25) is 0 Å². The minimum absolute atomic E-state index is 0.0109. The third-order valence-electron chi connectivity index (χ3n) is 6.28. The van der Waals surface area contributed by atoms with Crippen LogP contribution in [0.1, 0.15) is 23.1 Å². The number of fused-ring (bicyclic) bond motifs is 1. The first-order valence-electron chi connectivity index (χ1n) is 11.7. The molecular formula is C26H23F2N3O6S. The zero-order valence-corrected chi connectivity index (χ0v) is 21.0. The fourth-order valence-electron chi connectivity index (χ4n) is 4.28. The maximum atomic E-state index is 15.5. The molecule has 4 aromatic rings. The molecule has 38 heavy (non-hydrogen) atoms. The lowest BCUT2D eigenvalue weighted by Crippen LogP contribution is -2.41. The van der Waals surface area contributed by atoms with Crippen molar-refractivity contribution in [2.24, 2.45) is 0 Å². The number of aromatic nitrogens is 1. The average Bonchev–Trinajstić information content (AvgIpc) is 3.42. The Balaban J connectivity index is 1.42. The van der Waals surface area contributed by atoms with E-state index in [1.54, 1.807) is 25.1 Å². The summed E-state index contributed by atoms with van der Waals surface area (Å²) in [5.41, 5.74) is 3.28. The second kappa shape index (κ2) is 11.0. The Hall–Kier alpha value is -3.71. The predicted octanol–water partition coefficient (Wildman–Crippen LogP) is 4.71. The predicted molar refractivity (Wildman–Crippen MR) is 136 cm³/mol. The van der Waals surface area contributed by atoms with Gasteiger partial charge in [-0.15, -0.1) is 4.41 Å². The number of rotatable bonds is 8. The van der Waals surface area contributed by atoms with E-state index in [0.29, 0.717) is 24.0 Å². The molecule has 2 N–H and O–H groups in total. The molecule has 2 aromatic carbocycles. The van der Waals surface area contributed by atoms with Gasteiger partial charge in [-0.3, -0.25) is 4.55 Å². The summed E-state index contributed by atoms with van der Waals surface area (Å²) in [5, 5.41) is 0.603. The molecule has 1 fully saturated rings. The molecule has 9 nitrogen and oxygen atoms in total. The molecule has 0 aliphatic carbocycles. The molecule has 0 saturated carbocycles. The summed E-state index contributed by atoms with van der Waals surface area (Å²) in [6.45, 7) is 2.40. The standard InChI is InChI=1S/C26H23F2N3O6S/c1-15-19-8-7-18(36-25-21(27)5-3-10-29-25)13-23(19)37-26(32)20(15)12-16-4-2-6-22(24(16)28)30-31(38(33)34)17-9-11-35-14-17/h2-8,10,13,17,30H,9,11-12,14H2,1H3,(H,33,34). The maximum Gasteiger partial charge on any atom is 0.340 e. The maximum absolute atomic E-state index is 15.5. The van der Waals surface area contributed by atoms with Crippen molar-refractivity contribution in [3.8, 4) is 11.6 Å². The van der Waals surface area contributed by atoms with E-state index in [0.717, 1.165) is 4.41 Å². The van der Waals surface area contributed by atoms with Gasteiger partial charge >= 0.3 is 5.63 Å². The highest BCUT2D eigenvalue weighted by Gasteiger charge is 2.28. The molecule has 3 heterocycles. The summed E-state index contributed by atoms with van der Waals surface area (Å²) in [5.74, 6) is -1.28. The van der Waals surface area contributed by atoms with Crippen molar-refractivity contribution < 1.29 is 31.4 Å². The molecule has 0 radical (unpaired) electrons. The number of benzene rings is 2. The van der Waals surface area contributed by atoms with Crippen LogP contribution in [-0.2, 0) is 22.4 Å². The average molecular weight is 544 g/mol. The van der Waals surface area contributed by atoms with Gasteiger partial charge in [0.15, 0.2) is 11.6 Å². The minimum Gasteiger partial charge on any atom is -0.436 e. The van der Waals surface area contributed by atoms with Gasteiger partial charge in [0, 0.05) is 36.2 Å². The largest absolute Gasteiger partial charge is 0.436 e. The lowest BCUT2D eigenvalue weighted by atomic mass is 9.99. The molecule has 5 rings (SSSR count). The number of hydrogen-bond donors (Lipinski definition) is 2. The van der Waals surface area contributed by atoms with Crippen LogP contribution in [0.4, 0.5) is 14.5 Å². The second-order valence-electron chi connectivity index (χ2n) is 8.68. The van der Waals surface area contributed by atoms with Gasteiger partial charge in [-0.25, -0.2) is 22.8 Å². The van der Waals surface area contributed by atoms with Gasteiger partial charge < -0.3 is 19.3 Å². The number of ether oxygens (including phenoxy) is 2. The number of nitrogens with zero attached hydrogens (tertiary/aromatic N) is 2. The van der Waals surface area contributed by atoms with Crippen molar-refractivity contribution in [3.05, 3.63) is 93.5 Å². The second-order valence-corrected chi connectivity index (χ2v) is 9.54. The van der Waals surface area contributed by atoms with Crippen LogP contribution in [0, 0.1) is 18.6 Å². The Morgan fingerprint density at radius 2 is 2.08 bits per heavy atom. The highest BCUT2D eigenvalue weighted by atomic mass is 32.2. The first kappa shape index (κ1) is 25.9. The van der Waals surface area contributed by atoms with Crippen molar-refractivity contribution in [1.82, 2.24) is 9.40 Å². The van der Waals surface area contributed by atoms with Gasteiger partial charge in [0.25, 0.3) is 17.1 Å². The topological polar surface area (TPSA) is 114 Å². The number of hydrazine groups is 1. The van der Waals surface area contributed by atoms with E-state index in [-0.39, 0.29) is 47.1 Å². The van der Waals surface area contributed by atoms with Crippen molar-refractivity contribution in [2.45, 2.75) is 25.8 Å². The van der Waals surface area contributed by atoms with E-state index in [4.69, 9.17) is 13.9 Å². The van der Waals surface area contributed by atoms with Crippen LogP contribution in [0.25, 0.3) is 11.0 Å². The smallest absolute Gasteiger partial charge is 0.340 e. The molecule has 2 atom stereocenters. The van der Waals surface area contributed by atoms with E-state index in [1.807, 2.05) is 0 Å². The zero-order valence-electron chi connectivity index (χ0n) is 20.1. The molecule has 1 saturated heterocycles. The van der Waals surface area contributed by atoms with Crippen molar-refractivity contribution in [1.29, 1.82) is 0 Å². The molecule has 0 spiro atoms. The van der Waals surface area contributed by atoms with Gasteiger partial charge in [0.1, 0.15) is 11.3 Å². The Kier molecular flexibility index (Phi) is 7.47. The van der Waals surface area contributed by atoms with Gasteiger partial charge in [0.2, 0.25) is 0 Å². The first-order valence-corrected chi connectivity index (χ1v) is 12.7. The van der Waals surface area contributed by atoms with Crippen molar-refractivity contribution in [3.63, 3.8) is 0 Å². The number of pyridine rings is 1. The number of aryl methyl sites for hydroxylation is 1. The van der Waals surface area contributed by atoms with E-state index >= 15 is 4.39 Å². The minimum atomic E-state index is -2.41. The molecule has 198 valence electrons. The number of hydrogen-bond acceptors (Lipinski definition) is 7. The van der Waals surface area contributed by atoms with E-state index in [2.05, 4.69) is 10.4 Å². The molecule has 2 unspecified atom stereocenters. The Bertz CT molecular complexity index is 1570. The van der Waals surface area contributed by atoms with Gasteiger partial charge in [-0.1, -0.05) is 12.1 Å². The summed E-state index contributed by atoms with van der Waals surface area (Å²) in [6.07, 6.45) is 1.84. The number of halogens is 2. The summed E-state index contributed by atoms with van der Waals surface area (Å²) in [4.78, 5) is 16.8. The fourth-order valence-corrected chi connectivity index (χ4v) is 4.87. The Morgan fingerprint density at radius 3 is 2.82 bits per heavy atom. The molecular weight excluding hydrogens is 520 g/mol. The monoisotopic (exact) mass is 543 g/mol. The summed E-state index contributed by atoms with van der Waals surface area (Å²) in [7, 11) is 0. The van der Waals surface area contributed by atoms with Crippen LogP contribution in [-0.4, -0.2) is 37.4 Å². The van der Waals surface area contributed by atoms with Crippen molar-refractivity contribution >= 4 is 27.9 Å². The Morgan fingerprint density at radius 1 is 1.24 bits per heavy atom. The van der Waals surface area contributed by atoms with Gasteiger partial charge in [-0.05, 0) is 54.8 Å². The van der Waals surface area contributed by atoms with E-state index < -0.39 is 34.6 Å². The summed E-state index contributed by atoms with van der Waals surface area (Å²) < 4.78 is 68.2. The lowest BCUT2D eigenvalue weighted by molar-refractivity contribution is 0.180. The zero-order chi connectivity index (χ0) is 26.8. The van der Waals surface area contributed by atoms with Crippen LogP contribution < -0.4 is 15.8 Å². The van der Waals surface area contributed by atoms with Crippen LogP contribution >= 0.6 is 0 Å². The fraction of sp³-hybridized carbons (Fsp3) is 0.231. The number of nitrogens with one attached hydrogen (secondary N) is 1. The third kappa shape index (κ3) is 5.29. The van der Waals surface area contributed by atoms with Crippen LogP contribution in [0.3, 0.4) is 0 Å². The van der Waals surface area contributed by atoms with E-state index in [1.165, 1.54) is 36.5 Å². The lowest BCUT2D eigenvalue weighted by Gasteiger charge is -2.25. The molecule has 12 heteroatoms. The summed E-state index contributed by atoms with van der Waals surface area (Å²) in [6, 6.07) is 11.5. The third-order valence-corrected chi connectivity index (χ3v) is 7.01. The molecule has 0 bridgehead atoms. The molecule has 0 amide bonds. The summed E-state index contributed by atoms with van der Waals surface area (Å²) >= 11 is -2.41.